The van der Waals surface area contributed by atoms with E-state index >= 15 is 0 Å². The van der Waals surface area contributed by atoms with E-state index in [2.05, 4.69) is 23.4 Å². The number of nitrogens with two attached hydrogens (primary N) is 1. The van der Waals surface area contributed by atoms with Crippen LogP contribution in [0.3, 0.4) is 0 Å². The summed E-state index contributed by atoms with van der Waals surface area (Å²) in [7, 11) is 0. The number of hydrogen-bond acceptors (Lipinski definition) is 2. The Morgan fingerprint density at radius 2 is 2.46 bits per heavy atom. The molecule has 2 rings (SSSR count). The lowest BCUT2D eigenvalue weighted by molar-refractivity contribution is 0.345. The maximum Gasteiger partial charge on any atom is 0.109 e. The fraction of sp³-hybridized carbons (Fsp3) is 0.700. The van der Waals surface area contributed by atoms with Gasteiger partial charge in [-0.2, -0.15) is 0 Å². The summed E-state index contributed by atoms with van der Waals surface area (Å²) in [4.78, 5) is 4.40. The van der Waals surface area contributed by atoms with E-state index in [1.165, 1.54) is 24.4 Å². The van der Waals surface area contributed by atoms with Crippen molar-refractivity contribution in [1.82, 2.24) is 9.55 Å². The number of nitrogens with zero attached hydrogens (tertiary/aromatic N) is 2. The molecule has 0 spiro atoms. The minimum absolute atomic E-state index is 0.229. The van der Waals surface area contributed by atoms with Gasteiger partial charge in [0.05, 0.1) is 0 Å². The first-order valence-electron chi connectivity index (χ1n) is 4.98. The third kappa shape index (κ3) is 1.37. The molecule has 2 heterocycles. The highest BCUT2D eigenvalue weighted by atomic mass is 15.1. The molecule has 0 bridgehead atoms. The van der Waals surface area contributed by atoms with E-state index in [9.17, 15) is 0 Å². The van der Waals surface area contributed by atoms with Crippen molar-refractivity contribution in [3.8, 4) is 0 Å². The fourth-order valence-corrected chi connectivity index (χ4v) is 2.23. The number of hydrogen-bond donors (Lipinski definition) is 1. The summed E-state index contributed by atoms with van der Waals surface area (Å²) in [5.74, 6) is 1.21. The molecular weight excluding hydrogens is 162 g/mol. The molecule has 0 fully saturated rings. The van der Waals surface area contributed by atoms with E-state index in [-0.39, 0.29) is 6.04 Å². The lowest BCUT2D eigenvalue weighted by atomic mass is 9.99. The summed E-state index contributed by atoms with van der Waals surface area (Å²) in [6, 6.07) is 0.693. The van der Waals surface area contributed by atoms with Crippen LogP contribution in [0.1, 0.15) is 37.3 Å². The van der Waals surface area contributed by atoms with E-state index in [0.29, 0.717) is 6.04 Å². The fourth-order valence-electron chi connectivity index (χ4n) is 2.23. The van der Waals surface area contributed by atoms with Crippen molar-refractivity contribution < 1.29 is 0 Å². The van der Waals surface area contributed by atoms with Crippen LogP contribution >= 0.6 is 0 Å². The van der Waals surface area contributed by atoms with Gasteiger partial charge in [-0.05, 0) is 26.7 Å². The van der Waals surface area contributed by atoms with Gasteiger partial charge in [-0.1, -0.05) is 0 Å². The molecule has 1 aliphatic rings. The molecule has 13 heavy (non-hydrogen) atoms. The number of fused-ring (bicyclic) bond motifs is 1. The van der Waals surface area contributed by atoms with E-state index in [0.717, 1.165) is 6.42 Å². The quantitative estimate of drug-likeness (QED) is 0.708. The van der Waals surface area contributed by atoms with Crippen molar-refractivity contribution in [2.75, 3.05) is 0 Å². The molecule has 0 radical (unpaired) electrons. The van der Waals surface area contributed by atoms with Crippen molar-refractivity contribution in [1.29, 1.82) is 0 Å². The van der Waals surface area contributed by atoms with Crippen LogP contribution in [0.2, 0.25) is 0 Å². The van der Waals surface area contributed by atoms with Crippen molar-refractivity contribution >= 4 is 0 Å². The molecule has 72 valence electrons. The third-order valence-corrected chi connectivity index (χ3v) is 2.90. The van der Waals surface area contributed by atoms with Gasteiger partial charge in [0.25, 0.3) is 0 Å². The second kappa shape index (κ2) is 3.14. The molecule has 1 aliphatic heterocycles. The van der Waals surface area contributed by atoms with Gasteiger partial charge in [-0.25, -0.2) is 4.98 Å². The van der Waals surface area contributed by atoms with E-state index in [1.54, 1.807) is 0 Å². The number of rotatable bonds is 1. The topological polar surface area (TPSA) is 43.8 Å². The van der Waals surface area contributed by atoms with Crippen LogP contribution in [-0.4, -0.2) is 15.6 Å². The standard InChI is InChI=1S/C10H17N3/c1-7-6-12-10-5-3-4-9(8(2)11)13(7)10/h6,8-9H,3-5,11H2,1-2H3. The van der Waals surface area contributed by atoms with Crippen LogP contribution < -0.4 is 5.73 Å². The second-order valence-corrected chi connectivity index (χ2v) is 4.00. The Kier molecular flexibility index (Phi) is 2.12. The number of aromatic nitrogens is 2. The van der Waals surface area contributed by atoms with Crippen molar-refractivity contribution in [2.24, 2.45) is 5.73 Å². The van der Waals surface area contributed by atoms with Crippen LogP contribution in [0, 0.1) is 6.92 Å². The zero-order valence-electron chi connectivity index (χ0n) is 8.33. The molecule has 0 saturated heterocycles. The minimum Gasteiger partial charge on any atom is -0.328 e. The zero-order chi connectivity index (χ0) is 9.42. The minimum atomic E-state index is 0.229. The molecule has 1 aromatic heterocycles. The van der Waals surface area contributed by atoms with Crippen LogP contribution in [-0.2, 0) is 6.42 Å². The van der Waals surface area contributed by atoms with Crippen molar-refractivity contribution in [2.45, 2.75) is 45.2 Å². The van der Waals surface area contributed by atoms with E-state index in [4.69, 9.17) is 5.73 Å². The summed E-state index contributed by atoms with van der Waals surface area (Å²) in [5.41, 5.74) is 7.21. The Labute approximate surface area is 79.0 Å². The Morgan fingerprint density at radius 1 is 1.69 bits per heavy atom. The SMILES string of the molecule is Cc1cnc2n1C(C(C)N)CCC2. The first-order chi connectivity index (χ1) is 6.20. The maximum absolute atomic E-state index is 5.96. The Hall–Kier alpha value is -0.830. The molecule has 0 saturated carbocycles. The number of imidazole rings is 1. The molecule has 0 aromatic carbocycles. The first kappa shape index (κ1) is 8.75. The van der Waals surface area contributed by atoms with Gasteiger partial charge in [0.2, 0.25) is 0 Å². The molecule has 2 N–H and O–H groups in total. The summed E-state index contributed by atoms with van der Waals surface area (Å²) in [6.45, 7) is 4.19. The lowest BCUT2D eigenvalue weighted by Crippen LogP contribution is -2.33. The first-order valence-corrected chi connectivity index (χ1v) is 4.98. The normalized spacial score (nSPS) is 24.1. The van der Waals surface area contributed by atoms with Gasteiger partial charge in [-0.15, -0.1) is 0 Å². The van der Waals surface area contributed by atoms with Crippen LogP contribution in [0.5, 0.6) is 0 Å². The Bertz CT molecular complexity index is 301. The van der Waals surface area contributed by atoms with Crippen LogP contribution in [0.15, 0.2) is 6.20 Å². The summed E-state index contributed by atoms with van der Waals surface area (Å²) >= 11 is 0. The van der Waals surface area contributed by atoms with Gasteiger partial charge in [0.1, 0.15) is 5.82 Å². The number of aryl methyl sites for hydroxylation is 2. The molecular formula is C10H17N3. The zero-order valence-corrected chi connectivity index (χ0v) is 8.33. The maximum atomic E-state index is 5.96. The highest BCUT2D eigenvalue weighted by Gasteiger charge is 2.24. The largest absolute Gasteiger partial charge is 0.328 e. The highest BCUT2D eigenvalue weighted by Crippen LogP contribution is 2.27. The summed E-state index contributed by atoms with van der Waals surface area (Å²) in [6.07, 6.45) is 5.48. The monoisotopic (exact) mass is 179 g/mol. The molecule has 2 atom stereocenters. The van der Waals surface area contributed by atoms with Crippen molar-refractivity contribution in [3.63, 3.8) is 0 Å². The second-order valence-electron chi connectivity index (χ2n) is 4.00. The molecule has 3 nitrogen and oxygen atoms in total. The Morgan fingerprint density at radius 3 is 3.15 bits per heavy atom. The lowest BCUT2D eigenvalue weighted by Gasteiger charge is -2.29. The smallest absolute Gasteiger partial charge is 0.109 e. The van der Waals surface area contributed by atoms with E-state index < -0.39 is 0 Å². The summed E-state index contributed by atoms with van der Waals surface area (Å²) in [5, 5.41) is 0. The van der Waals surface area contributed by atoms with E-state index in [1.807, 2.05) is 6.20 Å². The molecule has 3 heteroatoms. The average molecular weight is 179 g/mol. The van der Waals surface area contributed by atoms with Crippen LogP contribution in [0.4, 0.5) is 0 Å². The van der Waals surface area contributed by atoms with Gasteiger partial charge in [-0.3, -0.25) is 0 Å². The highest BCUT2D eigenvalue weighted by molar-refractivity contribution is 5.09. The molecule has 0 amide bonds. The van der Waals surface area contributed by atoms with Crippen LogP contribution in [0.25, 0.3) is 0 Å². The molecule has 1 aromatic rings. The van der Waals surface area contributed by atoms with Gasteiger partial charge in [0.15, 0.2) is 0 Å². The van der Waals surface area contributed by atoms with Gasteiger partial charge in [0, 0.05) is 30.4 Å². The van der Waals surface area contributed by atoms with Gasteiger partial charge >= 0.3 is 0 Å². The van der Waals surface area contributed by atoms with Crippen molar-refractivity contribution in [3.05, 3.63) is 17.7 Å². The molecule has 0 aliphatic carbocycles. The Balaban J connectivity index is 2.40. The average Bonchev–Trinajstić information content (AvgIpc) is 2.48. The third-order valence-electron chi connectivity index (χ3n) is 2.90. The predicted octanol–water partition coefficient (Wildman–Crippen LogP) is 1.42. The van der Waals surface area contributed by atoms with Gasteiger partial charge < -0.3 is 10.3 Å². The summed E-state index contributed by atoms with van der Waals surface area (Å²) < 4.78 is 2.31. The molecule has 2 unspecified atom stereocenters. The predicted molar refractivity (Wildman–Crippen MR) is 52.6 cm³/mol.